The second-order valence-corrected chi connectivity index (χ2v) is 9.12. The number of ether oxygens (including phenoxy) is 2. The van der Waals surface area contributed by atoms with Crippen molar-refractivity contribution in [2.75, 3.05) is 13.2 Å². The molecule has 0 fully saturated rings. The van der Waals surface area contributed by atoms with Crippen molar-refractivity contribution in [1.82, 2.24) is 15.1 Å². The third-order valence-electron chi connectivity index (χ3n) is 6.24. The topological polar surface area (TPSA) is 126 Å². The van der Waals surface area contributed by atoms with Gasteiger partial charge in [-0.25, -0.2) is 14.3 Å². The van der Waals surface area contributed by atoms with Crippen molar-refractivity contribution in [2.45, 2.75) is 33.6 Å². The lowest BCUT2D eigenvalue weighted by atomic mass is 9.79. The summed E-state index contributed by atoms with van der Waals surface area (Å²) in [6, 6.07) is 13.6. The lowest BCUT2D eigenvalue weighted by molar-refractivity contribution is -0.384. The van der Waals surface area contributed by atoms with Gasteiger partial charge in [-0.15, -0.1) is 0 Å². The number of carbonyl (C=O) groups is 2. The third-order valence-corrected chi connectivity index (χ3v) is 6.56. The second kappa shape index (κ2) is 11.5. The van der Waals surface area contributed by atoms with E-state index >= 15 is 0 Å². The van der Waals surface area contributed by atoms with Gasteiger partial charge in [0.05, 0.1) is 46.6 Å². The fourth-order valence-corrected chi connectivity index (χ4v) is 4.79. The molecule has 2 heterocycles. The van der Waals surface area contributed by atoms with E-state index in [0.717, 1.165) is 0 Å². The number of nitrogens with one attached hydrogen (secondary N) is 1. The Hall–Kier alpha value is -4.44. The van der Waals surface area contributed by atoms with Crippen molar-refractivity contribution in [3.05, 3.63) is 98.0 Å². The zero-order valence-corrected chi connectivity index (χ0v) is 22.6. The maximum absolute atomic E-state index is 13.3. The van der Waals surface area contributed by atoms with Gasteiger partial charge in [-0.05, 0) is 45.9 Å². The maximum atomic E-state index is 13.3. The van der Waals surface area contributed by atoms with Gasteiger partial charge in [0.1, 0.15) is 5.02 Å². The van der Waals surface area contributed by atoms with Crippen LogP contribution in [0, 0.1) is 10.1 Å². The van der Waals surface area contributed by atoms with Crippen LogP contribution >= 0.6 is 11.6 Å². The fourth-order valence-electron chi connectivity index (χ4n) is 4.60. The van der Waals surface area contributed by atoms with E-state index in [1.165, 1.54) is 12.1 Å². The van der Waals surface area contributed by atoms with Crippen LogP contribution in [0.5, 0.6) is 0 Å². The lowest BCUT2D eigenvalue weighted by Gasteiger charge is -2.30. The molecule has 10 nitrogen and oxygen atoms in total. The minimum Gasteiger partial charge on any atom is -0.463 e. The van der Waals surface area contributed by atoms with Gasteiger partial charge in [-0.3, -0.25) is 10.1 Å². The molecular formula is C28H27ClN4O6. The van der Waals surface area contributed by atoms with E-state index in [-0.39, 0.29) is 35.1 Å². The van der Waals surface area contributed by atoms with E-state index in [4.69, 9.17) is 26.2 Å². The average molecular weight is 551 g/mol. The molecule has 11 heteroatoms. The van der Waals surface area contributed by atoms with Crippen LogP contribution in [0.4, 0.5) is 5.69 Å². The van der Waals surface area contributed by atoms with E-state index in [9.17, 15) is 19.7 Å². The third kappa shape index (κ3) is 5.42. The molecule has 1 aliphatic rings. The van der Waals surface area contributed by atoms with Crippen LogP contribution in [0.15, 0.2) is 77.3 Å². The zero-order chi connectivity index (χ0) is 28.3. The number of nitro groups is 1. The largest absolute Gasteiger partial charge is 0.463 e. The predicted octanol–water partition coefficient (Wildman–Crippen LogP) is 5.46. The molecule has 1 N–H and O–H groups in total. The molecule has 0 aliphatic carbocycles. The highest BCUT2D eigenvalue weighted by Gasteiger charge is 2.40. The maximum Gasteiger partial charge on any atom is 0.336 e. The van der Waals surface area contributed by atoms with Crippen LogP contribution in [0.25, 0.3) is 16.9 Å². The Morgan fingerprint density at radius 2 is 1.62 bits per heavy atom. The molecular weight excluding hydrogens is 524 g/mol. The van der Waals surface area contributed by atoms with Crippen molar-refractivity contribution in [3.8, 4) is 16.9 Å². The van der Waals surface area contributed by atoms with Gasteiger partial charge in [-0.2, -0.15) is 5.10 Å². The van der Waals surface area contributed by atoms with Crippen LogP contribution < -0.4 is 5.32 Å². The van der Waals surface area contributed by atoms with Gasteiger partial charge in [-0.1, -0.05) is 35.9 Å². The number of allylic oxidation sites excluding steroid dienone is 2. The summed E-state index contributed by atoms with van der Waals surface area (Å²) in [7, 11) is 0. The number of hydrogen-bond acceptors (Lipinski definition) is 8. The first-order chi connectivity index (χ1) is 18.7. The van der Waals surface area contributed by atoms with E-state index in [1.807, 2.05) is 30.3 Å². The Labute approximate surface area is 230 Å². The standard InChI is InChI=1S/C28H27ClN4O6/c1-5-38-27(34)23-16(3)30-17(4)24(28(35)39-6-2)25(23)20-15-32(19-10-8-7-9-11-19)31-26(20)18-12-13-21(29)22(14-18)33(36)37/h7-15,25,30H,5-6H2,1-4H3. The Kier molecular flexibility index (Phi) is 8.15. The summed E-state index contributed by atoms with van der Waals surface area (Å²) >= 11 is 6.09. The monoisotopic (exact) mass is 550 g/mol. The summed E-state index contributed by atoms with van der Waals surface area (Å²) in [6.45, 7) is 7.08. The molecule has 0 atom stereocenters. The first kappa shape index (κ1) is 27.6. The van der Waals surface area contributed by atoms with Crippen molar-refractivity contribution in [1.29, 1.82) is 0 Å². The summed E-state index contributed by atoms with van der Waals surface area (Å²) in [6.07, 6.45) is 1.71. The van der Waals surface area contributed by atoms with E-state index in [0.29, 0.717) is 33.9 Å². The molecule has 2 aromatic carbocycles. The van der Waals surface area contributed by atoms with E-state index < -0.39 is 22.8 Å². The average Bonchev–Trinajstić information content (AvgIpc) is 3.34. The van der Waals surface area contributed by atoms with Gasteiger partial charge in [0.25, 0.3) is 5.69 Å². The van der Waals surface area contributed by atoms with E-state index in [1.54, 1.807) is 44.6 Å². The van der Waals surface area contributed by atoms with Gasteiger partial charge in [0, 0.05) is 34.8 Å². The second-order valence-electron chi connectivity index (χ2n) is 8.71. The molecule has 4 rings (SSSR count). The number of esters is 2. The van der Waals surface area contributed by atoms with Crippen LogP contribution in [-0.2, 0) is 19.1 Å². The van der Waals surface area contributed by atoms with Gasteiger partial charge in [0.15, 0.2) is 0 Å². The molecule has 202 valence electrons. The summed E-state index contributed by atoms with van der Waals surface area (Å²) in [5.74, 6) is -2.16. The molecule has 0 bridgehead atoms. The van der Waals surface area contributed by atoms with E-state index in [2.05, 4.69) is 5.32 Å². The molecule has 0 unspecified atom stereocenters. The van der Waals surface area contributed by atoms with Crippen LogP contribution in [0.2, 0.25) is 5.02 Å². The molecule has 3 aromatic rings. The smallest absolute Gasteiger partial charge is 0.336 e. The van der Waals surface area contributed by atoms with Crippen LogP contribution in [-0.4, -0.2) is 39.9 Å². The highest BCUT2D eigenvalue weighted by Crippen LogP contribution is 2.44. The van der Waals surface area contributed by atoms with Crippen LogP contribution in [0.3, 0.4) is 0 Å². The minimum absolute atomic E-state index is 0.0273. The highest BCUT2D eigenvalue weighted by atomic mass is 35.5. The van der Waals surface area contributed by atoms with Gasteiger partial charge in [0.2, 0.25) is 0 Å². The van der Waals surface area contributed by atoms with Crippen molar-refractivity contribution in [2.24, 2.45) is 0 Å². The number of hydrogen-bond donors (Lipinski definition) is 1. The van der Waals surface area contributed by atoms with Gasteiger partial charge < -0.3 is 14.8 Å². The summed E-state index contributed by atoms with van der Waals surface area (Å²) < 4.78 is 12.4. The molecule has 0 radical (unpaired) electrons. The first-order valence-electron chi connectivity index (χ1n) is 12.3. The number of halogens is 1. The normalized spacial score (nSPS) is 13.8. The molecule has 0 amide bonds. The molecule has 0 saturated carbocycles. The summed E-state index contributed by atoms with van der Waals surface area (Å²) in [5, 5.41) is 19.5. The van der Waals surface area contributed by atoms with Crippen molar-refractivity contribution >= 4 is 29.2 Å². The van der Waals surface area contributed by atoms with Crippen LogP contribution in [0.1, 0.15) is 39.2 Å². The molecule has 0 saturated heterocycles. The summed E-state index contributed by atoms with van der Waals surface area (Å²) in [5.41, 5.74) is 3.01. The molecule has 39 heavy (non-hydrogen) atoms. The summed E-state index contributed by atoms with van der Waals surface area (Å²) in [4.78, 5) is 37.7. The quantitative estimate of drug-likeness (QED) is 0.222. The Bertz CT molecular complexity index is 1470. The predicted molar refractivity (Wildman–Crippen MR) is 145 cm³/mol. The van der Waals surface area contributed by atoms with Gasteiger partial charge >= 0.3 is 11.9 Å². The number of aromatic nitrogens is 2. The Morgan fingerprint density at radius 1 is 1.03 bits per heavy atom. The Morgan fingerprint density at radius 3 is 2.15 bits per heavy atom. The number of rotatable bonds is 8. The highest BCUT2D eigenvalue weighted by molar-refractivity contribution is 6.32. The number of nitro benzene ring substituents is 1. The van der Waals surface area contributed by atoms with Crippen molar-refractivity contribution < 1.29 is 24.0 Å². The minimum atomic E-state index is -0.938. The zero-order valence-electron chi connectivity index (χ0n) is 21.9. The molecule has 1 aliphatic heterocycles. The number of nitrogens with zero attached hydrogens (tertiary/aromatic N) is 3. The first-order valence-corrected chi connectivity index (χ1v) is 12.7. The molecule has 0 spiro atoms. The molecule has 1 aromatic heterocycles. The lowest BCUT2D eigenvalue weighted by Crippen LogP contribution is -2.32. The number of carbonyl (C=O) groups excluding carboxylic acids is 2. The Balaban J connectivity index is 2.05. The SMILES string of the molecule is CCOC(=O)C1=C(C)NC(C)=C(C(=O)OCC)C1c1cn(-c2ccccc2)nc1-c1ccc(Cl)c([N+](=O)[O-])c1. The fraction of sp³-hybridized carbons (Fsp3) is 0.250. The van der Waals surface area contributed by atoms with Crippen molar-refractivity contribution in [3.63, 3.8) is 0 Å². The number of para-hydroxylation sites is 1. The number of dihydropyridines is 1. The number of benzene rings is 2.